The normalized spacial score (nSPS) is 18.2. The van der Waals surface area contributed by atoms with Crippen molar-refractivity contribution in [3.05, 3.63) is 52.5 Å². The van der Waals surface area contributed by atoms with Crippen LogP contribution < -0.4 is 14.4 Å². The zero-order valence-corrected chi connectivity index (χ0v) is 15.5. The van der Waals surface area contributed by atoms with Gasteiger partial charge in [0.2, 0.25) is 0 Å². The van der Waals surface area contributed by atoms with Gasteiger partial charge in [0.15, 0.2) is 6.10 Å². The Morgan fingerprint density at radius 2 is 1.96 bits per heavy atom. The summed E-state index contributed by atoms with van der Waals surface area (Å²) >= 11 is 3.36. The fourth-order valence-electron chi connectivity index (χ4n) is 2.86. The number of carbonyl (C=O) groups is 1. The van der Waals surface area contributed by atoms with Crippen molar-refractivity contribution < 1.29 is 27.4 Å². The van der Waals surface area contributed by atoms with Crippen LogP contribution in [0.4, 0.5) is 18.9 Å². The zero-order chi connectivity index (χ0) is 19.1. The number of carbonyl (C=O) groups excluding carboxylic acids is 1. The minimum atomic E-state index is -4.77. The van der Waals surface area contributed by atoms with Gasteiger partial charge < -0.3 is 9.47 Å². The summed E-state index contributed by atoms with van der Waals surface area (Å²) in [6.07, 6.45) is -5.47. The van der Waals surface area contributed by atoms with Crippen LogP contribution in [0.15, 0.2) is 46.9 Å². The molecule has 0 saturated heterocycles. The van der Waals surface area contributed by atoms with Crippen LogP contribution in [0.25, 0.3) is 0 Å². The highest BCUT2D eigenvalue weighted by Crippen LogP contribution is 2.41. The number of nitrogens with zero attached hydrogens (tertiary/aromatic N) is 1. The Balaban J connectivity index is 1.98. The van der Waals surface area contributed by atoms with E-state index in [0.717, 1.165) is 4.47 Å². The van der Waals surface area contributed by atoms with Gasteiger partial charge in [0, 0.05) is 4.47 Å². The standard InChI is InChI=1S/C18H15BrF3NO3/c1-10(12-4-3-5-14(8-12)26-18(20,21)22)23-15-7-6-13(19)9-16(15)25-11(2)17(23)24/h3-11H,1-2H3/t10-,11+/m0/s1. The number of rotatable bonds is 3. The van der Waals surface area contributed by atoms with Gasteiger partial charge in [-0.25, -0.2) is 0 Å². The summed E-state index contributed by atoms with van der Waals surface area (Å²) in [5.41, 5.74) is 1.08. The van der Waals surface area contributed by atoms with Gasteiger partial charge in [-0.2, -0.15) is 0 Å². The van der Waals surface area contributed by atoms with Crippen LogP contribution in [0.2, 0.25) is 0 Å². The molecule has 2 aromatic carbocycles. The van der Waals surface area contributed by atoms with E-state index in [-0.39, 0.29) is 11.7 Å². The SMILES string of the molecule is C[C@H]1Oc2cc(Br)ccc2N([C@@H](C)c2cccc(OC(F)(F)F)c2)C1=O. The van der Waals surface area contributed by atoms with Crippen LogP contribution in [0, 0.1) is 0 Å². The van der Waals surface area contributed by atoms with Crippen molar-refractivity contribution in [3.63, 3.8) is 0 Å². The van der Waals surface area contributed by atoms with E-state index in [1.165, 1.54) is 23.1 Å². The van der Waals surface area contributed by atoms with Crippen LogP contribution in [0.5, 0.6) is 11.5 Å². The van der Waals surface area contributed by atoms with E-state index < -0.39 is 18.5 Å². The number of benzene rings is 2. The number of fused-ring (bicyclic) bond motifs is 1. The minimum Gasteiger partial charge on any atom is -0.479 e. The number of amides is 1. The summed E-state index contributed by atoms with van der Waals surface area (Å²) in [6, 6.07) is 10.4. The van der Waals surface area contributed by atoms with E-state index in [2.05, 4.69) is 20.7 Å². The average Bonchev–Trinajstić information content (AvgIpc) is 2.54. The third-order valence-electron chi connectivity index (χ3n) is 4.03. The molecule has 0 saturated carbocycles. The summed E-state index contributed by atoms with van der Waals surface area (Å²) in [5.74, 6) is -0.0675. The molecule has 8 heteroatoms. The predicted octanol–water partition coefficient (Wildman–Crippen LogP) is 5.22. The molecule has 1 aliphatic heterocycles. The molecular formula is C18H15BrF3NO3. The third kappa shape index (κ3) is 3.80. The van der Waals surface area contributed by atoms with Crippen molar-refractivity contribution in [3.8, 4) is 11.5 Å². The van der Waals surface area contributed by atoms with Crippen molar-refractivity contribution in [2.24, 2.45) is 0 Å². The van der Waals surface area contributed by atoms with Crippen LogP contribution in [0.3, 0.4) is 0 Å². The molecule has 0 spiro atoms. The fraction of sp³-hybridized carbons (Fsp3) is 0.278. The average molecular weight is 430 g/mol. The van der Waals surface area contributed by atoms with Crippen LogP contribution in [-0.4, -0.2) is 18.4 Å². The largest absolute Gasteiger partial charge is 0.573 e. The summed E-state index contributed by atoms with van der Waals surface area (Å²) in [5, 5.41) is 0. The maximum Gasteiger partial charge on any atom is 0.573 e. The fourth-order valence-corrected chi connectivity index (χ4v) is 3.20. The first kappa shape index (κ1) is 18.6. The second kappa shape index (κ2) is 6.83. The third-order valence-corrected chi connectivity index (χ3v) is 4.52. The van der Waals surface area contributed by atoms with Crippen molar-refractivity contribution >= 4 is 27.5 Å². The van der Waals surface area contributed by atoms with Crippen LogP contribution in [-0.2, 0) is 4.79 Å². The summed E-state index contributed by atoms with van der Waals surface area (Å²) in [4.78, 5) is 14.2. The Morgan fingerprint density at radius 1 is 1.23 bits per heavy atom. The molecule has 138 valence electrons. The molecule has 0 bridgehead atoms. The molecule has 2 aromatic rings. The first-order valence-electron chi connectivity index (χ1n) is 7.80. The monoisotopic (exact) mass is 429 g/mol. The summed E-state index contributed by atoms with van der Waals surface area (Å²) in [6.45, 7) is 3.38. The molecule has 2 atom stereocenters. The van der Waals surface area contributed by atoms with Gasteiger partial charge in [0.05, 0.1) is 11.7 Å². The summed E-state index contributed by atoms with van der Waals surface area (Å²) < 4.78 is 47.8. The maximum absolute atomic E-state index is 12.7. The first-order chi connectivity index (χ1) is 12.2. The number of ether oxygens (including phenoxy) is 2. The lowest BCUT2D eigenvalue weighted by Crippen LogP contribution is -2.45. The van der Waals surface area contributed by atoms with Crippen molar-refractivity contribution in [1.29, 1.82) is 0 Å². The van der Waals surface area contributed by atoms with E-state index in [4.69, 9.17) is 4.74 Å². The van der Waals surface area contributed by atoms with E-state index in [1.54, 1.807) is 38.1 Å². The molecule has 1 heterocycles. The maximum atomic E-state index is 12.7. The van der Waals surface area contributed by atoms with Gasteiger partial charge in [-0.15, -0.1) is 13.2 Å². The molecule has 1 aliphatic rings. The number of hydrogen-bond acceptors (Lipinski definition) is 3. The van der Waals surface area contributed by atoms with Gasteiger partial charge in [-0.3, -0.25) is 9.69 Å². The molecule has 0 N–H and O–H groups in total. The quantitative estimate of drug-likeness (QED) is 0.670. The molecule has 0 fully saturated rings. The number of anilines is 1. The van der Waals surface area contributed by atoms with Crippen LogP contribution >= 0.6 is 15.9 Å². The molecule has 0 aromatic heterocycles. The molecular weight excluding hydrogens is 415 g/mol. The highest BCUT2D eigenvalue weighted by molar-refractivity contribution is 9.10. The number of hydrogen-bond donors (Lipinski definition) is 0. The number of halogens is 4. The van der Waals surface area contributed by atoms with Gasteiger partial charge in [0.25, 0.3) is 5.91 Å². The summed E-state index contributed by atoms with van der Waals surface area (Å²) in [7, 11) is 0. The minimum absolute atomic E-state index is 0.269. The molecule has 0 unspecified atom stereocenters. The lowest BCUT2D eigenvalue weighted by Gasteiger charge is -2.37. The highest BCUT2D eigenvalue weighted by atomic mass is 79.9. The Labute approximate surface area is 156 Å². The van der Waals surface area contributed by atoms with Crippen molar-refractivity contribution in [2.45, 2.75) is 32.4 Å². The van der Waals surface area contributed by atoms with Gasteiger partial charge in [-0.05, 0) is 49.7 Å². The van der Waals surface area contributed by atoms with Gasteiger partial charge >= 0.3 is 6.36 Å². The van der Waals surface area contributed by atoms with E-state index in [9.17, 15) is 18.0 Å². The molecule has 0 aliphatic carbocycles. The molecule has 3 rings (SSSR count). The van der Waals surface area contributed by atoms with E-state index in [1.807, 2.05) is 0 Å². The molecule has 4 nitrogen and oxygen atoms in total. The Kier molecular flexibility index (Phi) is 4.88. The Hall–Kier alpha value is -2.22. The lowest BCUT2D eigenvalue weighted by atomic mass is 10.0. The topological polar surface area (TPSA) is 38.8 Å². The molecule has 1 amide bonds. The zero-order valence-electron chi connectivity index (χ0n) is 13.9. The second-order valence-electron chi connectivity index (χ2n) is 5.88. The second-order valence-corrected chi connectivity index (χ2v) is 6.79. The smallest absolute Gasteiger partial charge is 0.479 e. The predicted molar refractivity (Wildman–Crippen MR) is 93.3 cm³/mol. The number of alkyl halides is 3. The highest BCUT2D eigenvalue weighted by Gasteiger charge is 2.36. The van der Waals surface area contributed by atoms with Crippen molar-refractivity contribution in [1.82, 2.24) is 0 Å². The molecule has 26 heavy (non-hydrogen) atoms. The van der Waals surface area contributed by atoms with Gasteiger partial charge in [-0.1, -0.05) is 28.1 Å². The van der Waals surface area contributed by atoms with E-state index >= 15 is 0 Å². The Bertz CT molecular complexity index is 841. The van der Waals surface area contributed by atoms with E-state index in [0.29, 0.717) is 17.0 Å². The Morgan fingerprint density at radius 3 is 2.65 bits per heavy atom. The first-order valence-corrected chi connectivity index (χ1v) is 8.60. The lowest BCUT2D eigenvalue weighted by molar-refractivity contribution is -0.274. The van der Waals surface area contributed by atoms with Gasteiger partial charge in [0.1, 0.15) is 11.5 Å². The van der Waals surface area contributed by atoms with Crippen molar-refractivity contribution in [2.75, 3.05) is 4.90 Å². The molecule has 0 radical (unpaired) electrons. The van der Waals surface area contributed by atoms with Crippen LogP contribution in [0.1, 0.15) is 25.5 Å².